The van der Waals surface area contributed by atoms with Gasteiger partial charge in [-0.1, -0.05) is 18.2 Å². The summed E-state index contributed by atoms with van der Waals surface area (Å²) in [6, 6.07) is 15.0. The van der Waals surface area contributed by atoms with E-state index < -0.39 is 11.7 Å². The number of ether oxygens (including phenoxy) is 1. The largest absolute Gasteiger partial charge is 0.496 e. The van der Waals surface area contributed by atoms with Crippen LogP contribution in [0.2, 0.25) is 0 Å². The Hall–Kier alpha value is -3.55. The number of hydrogen-bond acceptors (Lipinski definition) is 4. The van der Waals surface area contributed by atoms with Crippen LogP contribution < -0.4 is 15.4 Å². The number of carbonyl (C=O) groups is 1. The Labute approximate surface area is 165 Å². The lowest BCUT2D eigenvalue weighted by molar-refractivity contribution is -0.137. The second-order valence-electron chi connectivity index (χ2n) is 6.09. The fraction of sp³-hybridized carbons (Fsp3) is 0.143. The van der Waals surface area contributed by atoms with Gasteiger partial charge in [-0.25, -0.2) is 4.98 Å². The van der Waals surface area contributed by atoms with Crippen LogP contribution in [0.3, 0.4) is 0 Å². The van der Waals surface area contributed by atoms with Crippen molar-refractivity contribution in [3.05, 3.63) is 83.6 Å². The van der Waals surface area contributed by atoms with Gasteiger partial charge in [-0.2, -0.15) is 13.2 Å². The molecule has 150 valence electrons. The van der Waals surface area contributed by atoms with Gasteiger partial charge in [0.2, 0.25) is 0 Å². The predicted molar refractivity (Wildman–Crippen MR) is 103 cm³/mol. The molecule has 1 amide bonds. The maximum Gasteiger partial charge on any atom is 0.416 e. The molecule has 5 nitrogen and oxygen atoms in total. The zero-order chi connectivity index (χ0) is 20.9. The first-order valence-corrected chi connectivity index (χ1v) is 8.68. The fourth-order valence-electron chi connectivity index (χ4n) is 2.69. The molecule has 1 heterocycles. The minimum Gasteiger partial charge on any atom is -0.496 e. The van der Waals surface area contributed by atoms with Gasteiger partial charge < -0.3 is 15.4 Å². The van der Waals surface area contributed by atoms with Crippen molar-refractivity contribution in [2.24, 2.45) is 0 Å². The number of methoxy groups -OCH3 is 1. The normalized spacial score (nSPS) is 11.0. The van der Waals surface area contributed by atoms with Crippen molar-refractivity contribution in [3.8, 4) is 5.75 Å². The molecule has 3 rings (SSSR count). The quantitative estimate of drug-likeness (QED) is 0.624. The van der Waals surface area contributed by atoms with E-state index in [0.717, 1.165) is 17.7 Å². The van der Waals surface area contributed by atoms with Crippen molar-refractivity contribution in [2.75, 3.05) is 12.4 Å². The number of aromatic nitrogens is 1. The van der Waals surface area contributed by atoms with Crippen molar-refractivity contribution in [3.63, 3.8) is 0 Å². The average Bonchev–Trinajstić information content (AvgIpc) is 2.72. The van der Waals surface area contributed by atoms with Crippen molar-refractivity contribution < 1.29 is 22.7 Å². The number of benzene rings is 2. The molecule has 0 saturated heterocycles. The van der Waals surface area contributed by atoms with E-state index in [0.29, 0.717) is 11.4 Å². The predicted octanol–water partition coefficient (Wildman–Crippen LogP) is 4.78. The number of amides is 1. The van der Waals surface area contributed by atoms with Crippen LogP contribution in [0.4, 0.5) is 24.7 Å². The molecule has 0 saturated carbocycles. The van der Waals surface area contributed by atoms with Gasteiger partial charge in [0.05, 0.1) is 18.2 Å². The third kappa shape index (κ3) is 5.04. The molecule has 0 radical (unpaired) electrons. The lowest BCUT2D eigenvalue weighted by Crippen LogP contribution is -2.24. The zero-order valence-corrected chi connectivity index (χ0v) is 15.5. The molecule has 0 fully saturated rings. The Morgan fingerprint density at radius 1 is 1.03 bits per heavy atom. The third-order valence-corrected chi connectivity index (χ3v) is 4.16. The standard InChI is InChI=1S/C21H18F3N3O2/c1-29-18-7-3-2-5-14(18)13-26-20(28)17-6-4-12-25-19(17)27-16-10-8-15(9-11-16)21(22,23)24/h2-12H,13H2,1H3,(H,25,27)(H,26,28). The van der Waals surface area contributed by atoms with E-state index in [9.17, 15) is 18.0 Å². The Morgan fingerprint density at radius 2 is 1.76 bits per heavy atom. The molecule has 29 heavy (non-hydrogen) atoms. The molecule has 0 atom stereocenters. The van der Waals surface area contributed by atoms with E-state index >= 15 is 0 Å². The first-order chi connectivity index (χ1) is 13.9. The molecule has 0 aliphatic carbocycles. The molecule has 0 unspecified atom stereocenters. The van der Waals surface area contributed by atoms with Gasteiger partial charge >= 0.3 is 6.18 Å². The molecule has 3 aromatic rings. The van der Waals surface area contributed by atoms with Gasteiger partial charge in [0.1, 0.15) is 11.6 Å². The van der Waals surface area contributed by atoms with Gasteiger partial charge in [0.15, 0.2) is 0 Å². The first-order valence-electron chi connectivity index (χ1n) is 8.68. The topological polar surface area (TPSA) is 63.2 Å². The van der Waals surface area contributed by atoms with Gasteiger partial charge in [-0.3, -0.25) is 4.79 Å². The monoisotopic (exact) mass is 401 g/mol. The van der Waals surface area contributed by atoms with Crippen LogP contribution in [0.5, 0.6) is 5.75 Å². The fourth-order valence-corrected chi connectivity index (χ4v) is 2.69. The van der Waals surface area contributed by atoms with Crippen molar-refractivity contribution in [1.82, 2.24) is 10.3 Å². The summed E-state index contributed by atoms with van der Waals surface area (Å²) in [5, 5.41) is 5.69. The lowest BCUT2D eigenvalue weighted by Gasteiger charge is -2.13. The summed E-state index contributed by atoms with van der Waals surface area (Å²) in [5.74, 6) is 0.519. The summed E-state index contributed by atoms with van der Waals surface area (Å²) in [5.41, 5.74) is 0.709. The van der Waals surface area contributed by atoms with Crippen molar-refractivity contribution >= 4 is 17.4 Å². The third-order valence-electron chi connectivity index (χ3n) is 4.16. The van der Waals surface area contributed by atoms with Crippen LogP contribution in [0, 0.1) is 0 Å². The van der Waals surface area contributed by atoms with E-state index in [1.807, 2.05) is 18.2 Å². The van der Waals surface area contributed by atoms with E-state index in [1.165, 1.54) is 18.3 Å². The van der Waals surface area contributed by atoms with Crippen molar-refractivity contribution in [2.45, 2.75) is 12.7 Å². The highest BCUT2D eigenvalue weighted by molar-refractivity contribution is 5.99. The summed E-state index contributed by atoms with van der Waals surface area (Å²) in [6.07, 6.45) is -2.92. The van der Waals surface area contributed by atoms with Crippen LogP contribution >= 0.6 is 0 Å². The summed E-state index contributed by atoms with van der Waals surface area (Å²) in [4.78, 5) is 16.8. The van der Waals surface area contributed by atoms with E-state index in [4.69, 9.17) is 4.74 Å². The second-order valence-corrected chi connectivity index (χ2v) is 6.09. The number of hydrogen-bond donors (Lipinski definition) is 2. The van der Waals surface area contributed by atoms with Crippen LogP contribution in [0.1, 0.15) is 21.5 Å². The van der Waals surface area contributed by atoms with Gasteiger partial charge in [0.25, 0.3) is 5.91 Å². The van der Waals surface area contributed by atoms with Gasteiger partial charge in [-0.05, 0) is 42.5 Å². The van der Waals surface area contributed by atoms with Crippen molar-refractivity contribution in [1.29, 1.82) is 0 Å². The SMILES string of the molecule is COc1ccccc1CNC(=O)c1cccnc1Nc1ccc(C(F)(F)F)cc1. The summed E-state index contributed by atoms with van der Waals surface area (Å²) >= 11 is 0. The minimum atomic E-state index is -4.41. The Balaban J connectivity index is 1.73. The maximum absolute atomic E-state index is 12.7. The number of pyridine rings is 1. The molecule has 0 spiro atoms. The number of halogens is 3. The Kier molecular flexibility index (Phi) is 6.01. The van der Waals surface area contributed by atoms with E-state index in [-0.39, 0.29) is 23.8 Å². The van der Waals surface area contributed by atoms with E-state index in [2.05, 4.69) is 15.6 Å². The van der Waals surface area contributed by atoms with Crippen LogP contribution in [-0.2, 0) is 12.7 Å². The molecule has 8 heteroatoms. The number of rotatable bonds is 6. The number of anilines is 2. The molecule has 1 aromatic heterocycles. The average molecular weight is 401 g/mol. The summed E-state index contributed by atoms with van der Waals surface area (Å²) in [7, 11) is 1.55. The van der Waals surface area contributed by atoms with Crippen LogP contribution in [-0.4, -0.2) is 18.0 Å². The molecule has 2 aromatic carbocycles. The molecule has 0 aliphatic rings. The highest BCUT2D eigenvalue weighted by Crippen LogP contribution is 2.30. The zero-order valence-electron chi connectivity index (χ0n) is 15.5. The van der Waals surface area contributed by atoms with Gasteiger partial charge in [-0.15, -0.1) is 0 Å². The number of nitrogens with zero attached hydrogens (tertiary/aromatic N) is 1. The lowest BCUT2D eigenvalue weighted by atomic mass is 10.1. The number of nitrogens with one attached hydrogen (secondary N) is 2. The maximum atomic E-state index is 12.7. The second kappa shape index (κ2) is 8.64. The minimum absolute atomic E-state index is 0.241. The molecule has 0 aliphatic heterocycles. The molecular formula is C21H18F3N3O2. The molecular weight excluding hydrogens is 383 g/mol. The Bertz CT molecular complexity index is 989. The van der Waals surface area contributed by atoms with Gasteiger partial charge in [0, 0.05) is 24.0 Å². The summed E-state index contributed by atoms with van der Waals surface area (Å²) < 4.78 is 43.4. The van der Waals surface area contributed by atoms with Crippen LogP contribution in [0.25, 0.3) is 0 Å². The Morgan fingerprint density at radius 3 is 2.45 bits per heavy atom. The highest BCUT2D eigenvalue weighted by atomic mass is 19.4. The first kappa shape index (κ1) is 20.2. The van der Waals surface area contributed by atoms with E-state index in [1.54, 1.807) is 25.3 Å². The number of alkyl halides is 3. The molecule has 2 N–H and O–H groups in total. The van der Waals surface area contributed by atoms with Crippen LogP contribution in [0.15, 0.2) is 66.9 Å². The highest BCUT2D eigenvalue weighted by Gasteiger charge is 2.30. The summed E-state index contributed by atoms with van der Waals surface area (Å²) in [6.45, 7) is 0.247. The molecule has 0 bridgehead atoms. The number of para-hydroxylation sites is 1. The smallest absolute Gasteiger partial charge is 0.416 e. The number of carbonyl (C=O) groups excluding carboxylic acids is 1.